The lowest BCUT2D eigenvalue weighted by molar-refractivity contribution is -0.187. The van der Waals surface area contributed by atoms with Crippen LogP contribution in [0.25, 0.3) is 0 Å². The number of halogens is 1. The van der Waals surface area contributed by atoms with E-state index in [1.54, 1.807) is 51.1 Å². The number of aromatic hydroxyl groups is 1. The molecule has 0 aliphatic carbocycles. The van der Waals surface area contributed by atoms with Crippen LogP contribution in [0.5, 0.6) is 5.75 Å². The van der Waals surface area contributed by atoms with Gasteiger partial charge in [0.1, 0.15) is 18.0 Å². The number of hydrogen-bond donors (Lipinski definition) is 2. The van der Waals surface area contributed by atoms with Crippen LogP contribution in [0.3, 0.4) is 0 Å². The SMILES string of the molecule is CC(C)N(C)c1cc(CN2C[C@H]3N(C(=O)CN(C)N3C(=O)NCc3ccccc3)[C@@H](Cc3ccc(O)cc3)C2=O)ccc1Cl. The highest BCUT2D eigenvalue weighted by atomic mass is 35.5. The van der Waals surface area contributed by atoms with E-state index in [-0.39, 0.29) is 55.7 Å². The van der Waals surface area contributed by atoms with Crippen molar-refractivity contribution in [2.24, 2.45) is 0 Å². The molecule has 2 fully saturated rings. The number of phenolic OH excluding ortho intramolecular Hbond substituents is 1. The molecule has 0 aromatic heterocycles. The van der Waals surface area contributed by atoms with Crippen molar-refractivity contribution in [3.8, 4) is 5.75 Å². The zero-order valence-corrected chi connectivity index (χ0v) is 26.2. The average Bonchev–Trinajstić information content (AvgIpc) is 3.00. The molecule has 11 heteroatoms. The molecule has 0 unspecified atom stereocenters. The molecule has 3 aromatic carbocycles. The number of piperazine rings is 1. The van der Waals surface area contributed by atoms with E-state index < -0.39 is 12.2 Å². The third kappa shape index (κ3) is 6.61. The molecule has 2 aliphatic rings. The number of carbonyl (C=O) groups is 3. The van der Waals surface area contributed by atoms with Gasteiger partial charge in [0.15, 0.2) is 0 Å². The van der Waals surface area contributed by atoms with Crippen LogP contribution in [0.15, 0.2) is 72.8 Å². The van der Waals surface area contributed by atoms with E-state index in [4.69, 9.17) is 11.6 Å². The number of likely N-dealkylation sites (N-methyl/N-ethyl adjacent to an activating group) is 1. The highest BCUT2D eigenvalue weighted by Gasteiger charge is 2.50. The number of nitrogens with zero attached hydrogens (tertiary/aromatic N) is 5. The number of nitrogens with one attached hydrogen (secondary N) is 1. The Hall–Kier alpha value is -4.28. The molecule has 44 heavy (non-hydrogen) atoms. The molecule has 2 heterocycles. The van der Waals surface area contributed by atoms with Gasteiger partial charge < -0.3 is 25.1 Å². The Bertz CT molecular complexity index is 1500. The van der Waals surface area contributed by atoms with Gasteiger partial charge >= 0.3 is 6.03 Å². The van der Waals surface area contributed by atoms with Crippen molar-refractivity contribution in [3.05, 3.63) is 94.5 Å². The van der Waals surface area contributed by atoms with Crippen LogP contribution in [-0.4, -0.2) is 88.2 Å². The predicted octanol–water partition coefficient (Wildman–Crippen LogP) is 4.07. The Labute approximate surface area is 263 Å². The van der Waals surface area contributed by atoms with E-state index in [0.717, 1.165) is 22.4 Å². The molecular formula is C33H39ClN6O4. The fraction of sp³-hybridized carbons (Fsp3) is 0.364. The Kier molecular flexibility index (Phi) is 9.31. The van der Waals surface area contributed by atoms with Gasteiger partial charge in [-0.3, -0.25) is 9.59 Å². The number of hydrazine groups is 1. The first-order valence-corrected chi connectivity index (χ1v) is 15.1. The first-order valence-electron chi connectivity index (χ1n) is 14.7. The quantitative estimate of drug-likeness (QED) is 0.395. The van der Waals surface area contributed by atoms with E-state index >= 15 is 0 Å². The summed E-state index contributed by atoms with van der Waals surface area (Å²) in [7, 11) is 3.68. The first kappa shape index (κ1) is 31.2. The number of benzene rings is 3. The fourth-order valence-electron chi connectivity index (χ4n) is 5.78. The first-order chi connectivity index (χ1) is 21.0. The van der Waals surface area contributed by atoms with Crippen LogP contribution in [0.1, 0.15) is 30.5 Å². The number of anilines is 1. The van der Waals surface area contributed by atoms with Crippen LogP contribution in [-0.2, 0) is 29.1 Å². The Morgan fingerprint density at radius 1 is 1.02 bits per heavy atom. The predicted molar refractivity (Wildman–Crippen MR) is 170 cm³/mol. The summed E-state index contributed by atoms with van der Waals surface area (Å²) >= 11 is 6.54. The van der Waals surface area contributed by atoms with Gasteiger partial charge in [0.25, 0.3) is 0 Å². The highest BCUT2D eigenvalue weighted by molar-refractivity contribution is 6.33. The fourth-order valence-corrected chi connectivity index (χ4v) is 6.03. The second-order valence-corrected chi connectivity index (χ2v) is 12.1. The number of hydrogen-bond acceptors (Lipinski definition) is 6. The molecule has 0 spiro atoms. The van der Waals surface area contributed by atoms with Crippen LogP contribution in [0.4, 0.5) is 10.5 Å². The third-order valence-corrected chi connectivity index (χ3v) is 8.66. The molecule has 0 saturated carbocycles. The van der Waals surface area contributed by atoms with Gasteiger partial charge in [0.05, 0.1) is 23.8 Å². The summed E-state index contributed by atoms with van der Waals surface area (Å²) in [6.45, 7) is 4.85. The van der Waals surface area contributed by atoms with E-state index in [1.807, 2.05) is 55.6 Å². The molecule has 4 amide bonds. The van der Waals surface area contributed by atoms with Crippen LogP contribution < -0.4 is 10.2 Å². The molecule has 0 radical (unpaired) electrons. The molecule has 2 N–H and O–H groups in total. The van der Waals surface area contributed by atoms with Crippen molar-refractivity contribution >= 4 is 35.1 Å². The van der Waals surface area contributed by atoms with E-state index in [1.165, 1.54) is 0 Å². The Morgan fingerprint density at radius 3 is 2.39 bits per heavy atom. The van der Waals surface area contributed by atoms with E-state index in [2.05, 4.69) is 24.1 Å². The average molecular weight is 619 g/mol. The number of carbonyl (C=O) groups excluding carboxylic acids is 3. The maximum absolute atomic E-state index is 14.2. The number of rotatable bonds is 8. The van der Waals surface area contributed by atoms with Crippen molar-refractivity contribution < 1.29 is 19.5 Å². The standard InChI is InChI=1S/C33H39ClN6O4/c1-22(2)37(4)28-17-25(12-15-27(28)34)19-38-20-30-39(29(32(38)43)16-23-10-13-26(41)14-11-23)31(42)21-36(3)40(30)33(44)35-18-24-8-6-5-7-9-24/h5-15,17,22,29-30,41H,16,18-21H2,1-4H3,(H,35,44)/t29-,30-/m0/s1. The molecule has 232 valence electrons. The maximum atomic E-state index is 14.2. The summed E-state index contributed by atoms with van der Waals surface area (Å²) < 4.78 is 0. The number of fused-ring (bicyclic) bond motifs is 1. The zero-order valence-electron chi connectivity index (χ0n) is 25.5. The lowest BCUT2D eigenvalue weighted by atomic mass is 9.98. The molecule has 5 rings (SSSR count). The summed E-state index contributed by atoms with van der Waals surface area (Å²) in [6.07, 6.45) is -0.481. The summed E-state index contributed by atoms with van der Waals surface area (Å²) in [5.74, 6) is -0.315. The number of phenols is 1. The van der Waals surface area contributed by atoms with Crippen LogP contribution in [0.2, 0.25) is 5.02 Å². The van der Waals surface area contributed by atoms with Crippen molar-refractivity contribution in [2.75, 3.05) is 32.1 Å². The molecule has 2 aliphatic heterocycles. The van der Waals surface area contributed by atoms with Gasteiger partial charge in [-0.1, -0.05) is 60.1 Å². The second kappa shape index (κ2) is 13.2. The minimum atomic E-state index is -0.839. The topological polar surface area (TPSA) is 99.7 Å². The molecular weight excluding hydrogens is 580 g/mol. The van der Waals surface area contributed by atoms with Gasteiger partial charge in [-0.15, -0.1) is 0 Å². The highest BCUT2D eigenvalue weighted by Crippen LogP contribution is 2.31. The largest absolute Gasteiger partial charge is 0.508 e. The van der Waals surface area contributed by atoms with Gasteiger partial charge in [-0.2, -0.15) is 0 Å². The van der Waals surface area contributed by atoms with Crippen LogP contribution in [0, 0.1) is 0 Å². The van der Waals surface area contributed by atoms with E-state index in [0.29, 0.717) is 11.6 Å². The van der Waals surface area contributed by atoms with Gasteiger partial charge in [-0.25, -0.2) is 14.8 Å². The Balaban J connectivity index is 1.47. The van der Waals surface area contributed by atoms with Crippen molar-refractivity contribution in [1.82, 2.24) is 25.1 Å². The van der Waals surface area contributed by atoms with E-state index in [9.17, 15) is 19.5 Å². The monoisotopic (exact) mass is 618 g/mol. The molecule has 2 saturated heterocycles. The third-order valence-electron chi connectivity index (χ3n) is 8.34. The van der Waals surface area contributed by atoms with Crippen molar-refractivity contribution in [2.45, 2.75) is 51.6 Å². The molecule has 0 bridgehead atoms. The van der Waals surface area contributed by atoms with Gasteiger partial charge in [0.2, 0.25) is 11.8 Å². The van der Waals surface area contributed by atoms with Gasteiger partial charge in [0, 0.05) is 39.6 Å². The molecule has 10 nitrogen and oxygen atoms in total. The smallest absolute Gasteiger partial charge is 0.334 e. The summed E-state index contributed by atoms with van der Waals surface area (Å²) in [5.41, 5.74) is 3.49. The minimum absolute atomic E-state index is 0.0449. The lowest BCUT2D eigenvalue weighted by Gasteiger charge is -2.54. The Morgan fingerprint density at radius 2 is 1.70 bits per heavy atom. The maximum Gasteiger partial charge on any atom is 0.334 e. The number of urea groups is 1. The molecule has 3 aromatic rings. The number of amides is 4. The summed E-state index contributed by atoms with van der Waals surface area (Å²) in [5, 5.41) is 16.6. The van der Waals surface area contributed by atoms with Gasteiger partial charge in [-0.05, 0) is 54.8 Å². The summed E-state index contributed by atoms with van der Waals surface area (Å²) in [4.78, 5) is 46.8. The molecule has 2 atom stereocenters. The van der Waals surface area contributed by atoms with Crippen molar-refractivity contribution in [3.63, 3.8) is 0 Å². The minimum Gasteiger partial charge on any atom is -0.508 e. The zero-order chi connectivity index (χ0) is 31.5. The lowest BCUT2D eigenvalue weighted by Crippen LogP contribution is -2.76. The van der Waals surface area contributed by atoms with Crippen molar-refractivity contribution in [1.29, 1.82) is 0 Å². The normalized spacial score (nSPS) is 18.9. The summed E-state index contributed by atoms with van der Waals surface area (Å²) in [6, 6.07) is 21.0. The van der Waals surface area contributed by atoms with Crippen LogP contribution >= 0.6 is 11.6 Å². The second-order valence-electron chi connectivity index (χ2n) is 11.7.